The van der Waals surface area contributed by atoms with Gasteiger partial charge in [-0.2, -0.15) is 13.5 Å². The highest BCUT2D eigenvalue weighted by atomic mass is 32.2. The van der Waals surface area contributed by atoms with Crippen LogP contribution < -0.4 is 0 Å². The first-order valence-electron chi connectivity index (χ1n) is 8.13. The van der Waals surface area contributed by atoms with Crippen molar-refractivity contribution in [2.45, 2.75) is 18.2 Å². The number of azo groups is 1. The zero-order valence-corrected chi connectivity index (χ0v) is 15.4. The van der Waals surface area contributed by atoms with E-state index in [9.17, 15) is 28.2 Å². The second-order valence-electron chi connectivity index (χ2n) is 5.93. The fraction of sp³-hybridized carbons (Fsp3) is 0.111. The maximum absolute atomic E-state index is 11.7. The third-order valence-corrected chi connectivity index (χ3v) is 4.98. The van der Waals surface area contributed by atoms with Gasteiger partial charge in [0.05, 0.1) is 10.6 Å². The summed E-state index contributed by atoms with van der Waals surface area (Å²) in [5, 5.41) is 29.5. The van der Waals surface area contributed by atoms with Crippen molar-refractivity contribution >= 4 is 38.0 Å². The number of nitrogens with zero attached hydrogens (tertiary/aromatic N) is 3. The predicted molar refractivity (Wildman–Crippen MR) is 102 cm³/mol. The van der Waals surface area contributed by atoms with E-state index in [1.807, 2.05) is 6.92 Å². The van der Waals surface area contributed by atoms with Gasteiger partial charge in [-0.05, 0) is 35.6 Å². The van der Waals surface area contributed by atoms with Crippen LogP contribution in [-0.2, 0) is 16.5 Å². The van der Waals surface area contributed by atoms with Crippen molar-refractivity contribution < 1.29 is 23.0 Å². The van der Waals surface area contributed by atoms with Crippen LogP contribution in [0.1, 0.15) is 12.5 Å². The number of hydrogen-bond donors (Lipinski definition) is 2. The molecule has 0 unspecified atom stereocenters. The van der Waals surface area contributed by atoms with Gasteiger partial charge >= 0.3 is 0 Å². The Morgan fingerprint density at radius 1 is 1.11 bits per heavy atom. The molecule has 0 saturated carbocycles. The van der Waals surface area contributed by atoms with E-state index in [1.165, 1.54) is 36.4 Å². The van der Waals surface area contributed by atoms with E-state index in [-0.39, 0.29) is 28.2 Å². The molecule has 0 spiro atoms. The number of fused-ring (bicyclic) bond motifs is 1. The van der Waals surface area contributed by atoms with Crippen molar-refractivity contribution in [2.24, 2.45) is 10.2 Å². The fourth-order valence-corrected chi connectivity index (χ4v) is 3.49. The molecule has 0 atom stereocenters. The summed E-state index contributed by atoms with van der Waals surface area (Å²) in [7, 11) is -4.58. The van der Waals surface area contributed by atoms with E-state index in [0.29, 0.717) is 17.4 Å². The summed E-state index contributed by atoms with van der Waals surface area (Å²) in [6.07, 6.45) is 0.538. The summed E-state index contributed by atoms with van der Waals surface area (Å²) in [4.78, 5) is 10.1. The van der Waals surface area contributed by atoms with Crippen molar-refractivity contribution in [3.8, 4) is 5.75 Å². The average Bonchev–Trinajstić information content (AvgIpc) is 2.65. The maximum Gasteiger partial charge on any atom is 0.295 e. The molecule has 0 radical (unpaired) electrons. The molecule has 10 heteroatoms. The molecule has 3 aromatic rings. The lowest BCUT2D eigenvalue weighted by molar-refractivity contribution is -0.384. The highest BCUT2D eigenvalue weighted by Gasteiger charge is 2.19. The van der Waals surface area contributed by atoms with Crippen LogP contribution in [0.3, 0.4) is 0 Å². The third-order valence-electron chi connectivity index (χ3n) is 4.08. The second-order valence-corrected chi connectivity index (χ2v) is 7.32. The molecule has 2 N–H and O–H groups in total. The Morgan fingerprint density at radius 3 is 2.50 bits per heavy atom. The van der Waals surface area contributed by atoms with Crippen LogP contribution in [0.15, 0.2) is 63.7 Å². The Morgan fingerprint density at radius 2 is 1.86 bits per heavy atom. The summed E-state index contributed by atoms with van der Waals surface area (Å²) in [5.74, 6) is -0.353. The number of aromatic hydroxyl groups is 1. The van der Waals surface area contributed by atoms with Crippen LogP contribution in [-0.4, -0.2) is 23.0 Å². The summed E-state index contributed by atoms with van der Waals surface area (Å²) in [5.41, 5.74) is 0.514. The monoisotopic (exact) mass is 401 g/mol. The van der Waals surface area contributed by atoms with Crippen molar-refractivity contribution in [3.05, 3.63) is 64.2 Å². The number of rotatable bonds is 5. The van der Waals surface area contributed by atoms with Crippen molar-refractivity contribution in [3.63, 3.8) is 0 Å². The number of benzene rings is 3. The predicted octanol–water partition coefficient (Wildman–Crippen LogP) is 4.68. The molecule has 3 rings (SSSR count). The minimum Gasteiger partial charge on any atom is -0.506 e. The Bertz CT molecular complexity index is 1220. The molecular formula is C18H15N3O6S. The number of phenolic OH excluding ortho intramolecular Hbond substituents is 1. The number of aryl methyl sites for hydroxylation is 1. The van der Waals surface area contributed by atoms with E-state index >= 15 is 0 Å². The fourth-order valence-electron chi connectivity index (χ4n) is 2.76. The minimum atomic E-state index is -4.58. The standard InChI is InChI=1S/C18H15N3O6S/c1-2-11-8-13(10-14(9-11)21(23)24)19-20-18-15(22)7-6-12-4-3-5-16(17(12)18)28(25,26)27/h3-10,22H,2H2,1H3,(H,25,26,27). The van der Waals surface area contributed by atoms with Gasteiger partial charge in [-0.3, -0.25) is 14.7 Å². The molecule has 9 nitrogen and oxygen atoms in total. The van der Waals surface area contributed by atoms with Crippen molar-refractivity contribution in [1.82, 2.24) is 0 Å². The quantitative estimate of drug-likeness (QED) is 0.275. The van der Waals surface area contributed by atoms with E-state index < -0.39 is 19.9 Å². The summed E-state index contributed by atoms with van der Waals surface area (Å²) in [6.45, 7) is 1.83. The van der Waals surface area contributed by atoms with E-state index in [0.717, 1.165) is 0 Å². The first-order chi connectivity index (χ1) is 13.2. The molecule has 0 bridgehead atoms. The smallest absolute Gasteiger partial charge is 0.295 e. The number of nitro groups is 1. The van der Waals surface area contributed by atoms with Crippen LogP contribution in [0.25, 0.3) is 10.8 Å². The molecular weight excluding hydrogens is 386 g/mol. The van der Waals surface area contributed by atoms with Gasteiger partial charge < -0.3 is 5.11 Å². The van der Waals surface area contributed by atoms with Crippen LogP contribution in [0.5, 0.6) is 5.75 Å². The van der Waals surface area contributed by atoms with Gasteiger partial charge in [0.2, 0.25) is 0 Å². The first-order valence-corrected chi connectivity index (χ1v) is 9.57. The van der Waals surface area contributed by atoms with Gasteiger partial charge in [-0.25, -0.2) is 0 Å². The number of non-ortho nitro benzene ring substituents is 1. The highest BCUT2D eigenvalue weighted by Crippen LogP contribution is 2.39. The molecule has 0 aromatic heterocycles. The number of hydrogen-bond acceptors (Lipinski definition) is 7. The second kappa shape index (κ2) is 7.33. The lowest BCUT2D eigenvalue weighted by atomic mass is 10.1. The average molecular weight is 401 g/mol. The molecule has 0 fully saturated rings. The lowest BCUT2D eigenvalue weighted by Gasteiger charge is -2.08. The molecule has 0 heterocycles. The van der Waals surface area contributed by atoms with Crippen molar-refractivity contribution in [2.75, 3.05) is 0 Å². The van der Waals surface area contributed by atoms with E-state index in [4.69, 9.17) is 0 Å². The zero-order valence-electron chi connectivity index (χ0n) is 14.6. The topological polar surface area (TPSA) is 142 Å². The molecule has 28 heavy (non-hydrogen) atoms. The summed E-state index contributed by atoms with van der Waals surface area (Å²) in [6, 6.07) is 11.2. The normalized spacial score (nSPS) is 11.9. The van der Waals surface area contributed by atoms with Gasteiger partial charge in [0.1, 0.15) is 16.3 Å². The van der Waals surface area contributed by atoms with Gasteiger partial charge in [-0.1, -0.05) is 25.1 Å². The largest absolute Gasteiger partial charge is 0.506 e. The Kier molecular flexibility index (Phi) is 5.08. The van der Waals surface area contributed by atoms with Crippen LogP contribution in [0.4, 0.5) is 17.1 Å². The zero-order chi connectivity index (χ0) is 20.5. The minimum absolute atomic E-state index is 0.00473. The highest BCUT2D eigenvalue weighted by molar-refractivity contribution is 7.86. The Balaban J connectivity index is 2.22. The van der Waals surface area contributed by atoms with E-state index in [1.54, 1.807) is 12.1 Å². The Hall–Kier alpha value is -3.37. The van der Waals surface area contributed by atoms with Gasteiger partial charge in [0.25, 0.3) is 15.8 Å². The molecule has 0 aliphatic carbocycles. The molecule has 0 amide bonds. The Labute approximate surface area is 159 Å². The maximum atomic E-state index is 11.7. The van der Waals surface area contributed by atoms with Crippen LogP contribution in [0.2, 0.25) is 0 Å². The third kappa shape index (κ3) is 3.82. The van der Waals surface area contributed by atoms with Crippen LogP contribution in [0, 0.1) is 10.1 Å². The number of nitro benzene ring substituents is 1. The lowest BCUT2D eigenvalue weighted by Crippen LogP contribution is -1.99. The van der Waals surface area contributed by atoms with Crippen molar-refractivity contribution in [1.29, 1.82) is 0 Å². The van der Waals surface area contributed by atoms with Gasteiger partial charge in [-0.15, -0.1) is 5.11 Å². The molecule has 144 valence electrons. The van der Waals surface area contributed by atoms with Gasteiger partial charge in [0.15, 0.2) is 0 Å². The SMILES string of the molecule is CCc1cc(N=Nc2c(O)ccc3cccc(S(=O)(=O)O)c23)cc([N+](=O)[O-])c1. The summed E-state index contributed by atoms with van der Waals surface area (Å²) >= 11 is 0. The van der Waals surface area contributed by atoms with E-state index in [2.05, 4.69) is 10.2 Å². The van der Waals surface area contributed by atoms with Crippen LogP contribution >= 0.6 is 0 Å². The van der Waals surface area contributed by atoms with Gasteiger partial charge in [0, 0.05) is 17.5 Å². The molecule has 0 saturated heterocycles. The first kappa shape index (κ1) is 19.4. The number of phenols is 1. The molecule has 0 aliphatic rings. The molecule has 0 aliphatic heterocycles. The molecule has 3 aromatic carbocycles. The summed E-state index contributed by atoms with van der Waals surface area (Å²) < 4.78 is 32.9.